The highest BCUT2D eigenvalue weighted by Gasteiger charge is 2.55. The van der Waals surface area contributed by atoms with Gasteiger partial charge in [-0.25, -0.2) is 0 Å². The highest BCUT2D eigenvalue weighted by Crippen LogP contribution is 2.64. The SMILES string of the molecule is C=C1CCC2SC2(C)CC[C@@H]2[C@@H]1CC2(C)C. The van der Waals surface area contributed by atoms with Gasteiger partial charge in [0.2, 0.25) is 0 Å². The summed E-state index contributed by atoms with van der Waals surface area (Å²) < 4.78 is 0.640. The van der Waals surface area contributed by atoms with Crippen molar-refractivity contribution in [1.82, 2.24) is 0 Å². The number of rotatable bonds is 0. The van der Waals surface area contributed by atoms with Gasteiger partial charge in [-0.3, -0.25) is 0 Å². The summed E-state index contributed by atoms with van der Waals surface area (Å²) in [5, 5.41) is 0.949. The second-order valence-electron chi connectivity index (χ2n) is 7.06. The second kappa shape index (κ2) is 3.31. The van der Waals surface area contributed by atoms with Crippen LogP contribution in [-0.4, -0.2) is 10.00 Å². The average molecular weight is 236 g/mol. The maximum Gasteiger partial charge on any atom is 0.0254 e. The molecule has 3 rings (SSSR count). The topological polar surface area (TPSA) is 0 Å². The Balaban J connectivity index is 1.78. The van der Waals surface area contributed by atoms with Crippen LogP contribution < -0.4 is 0 Å². The third-order valence-corrected chi connectivity index (χ3v) is 7.29. The lowest BCUT2D eigenvalue weighted by molar-refractivity contribution is 0.00194. The standard InChI is InChI=1S/C15H24S/c1-10-5-6-13-15(4,16-13)8-7-12-11(10)9-14(12,2)3/h11-13H,1,5-9H2,2-4H3/t11-,12-,13?,15?/m1/s1. The van der Waals surface area contributed by atoms with Crippen molar-refractivity contribution in [2.75, 3.05) is 0 Å². The largest absolute Gasteiger partial charge is 0.149 e. The van der Waals surface area contributed by atoms with Crippen LogP contribution in [0, 0.1) is 17.3 Å². The maximum atomic E-state index is 4.37. The molecular formula is C15H24S. The molecule has 1 saturated heterocycles. The van der Waals surface area contributed by atoms with E-state index in [1.165, 1.54) is 32.1 Å². The van der Waals surface area contributed by atoms with Crippen molar-refractivity contribution in [2.24, 2.45) is 17.3 Å². The molecule has 0 nitrogen and oxygen atoms in total. The zero-order valence-electron chi connectivity index (χ0n) is 10.9. The Bertz CT molecular complexity index is 330. The fourth-order valence-corrected chi connectivity index (χ4v) is 5.37. The third kappa shape index (κ3) is 1.58. The normalized spacial score (nSPS) is 50.2. The lowest BCUT2D eigenvalue weighted by Crippen LogP contribution is -2.44. The molecule has 3 fully saturated rings. The fraction of sp³-hybridized carbons (Fsp3) is 0.867. The molecule has 2 aliphatic carbocycles. The summed E-state index contributed by atoms with van der Waals surface area (Å²) >= 11 is 2.23. The summed E-state index contributed by atoms with van der Waals surface area (Å²) in [6.45, 7) is 11.8. The number of hydrogen-bond acceptors (Lipinski definition) is 1. The van der Waals surface area contributed by atoms with Gasteiger partial charge < -0.3 is 0 Å². The van der Waals surface area contributed by atoms with Gasteiger partial charge in [0.25, 0.3) is 0 Å². The number of allylic oxidation sites excluding steroid dienone is 1. The van der Waals surface area contributed by atoms with Crippen LogP contribution in [0.5, 0.6) is 0 Å². The van der Waals surface area contributed by atoms with Gasteiger partial charge in [0, 0.05) is 10.00 Å². The Labute approximate surface area is 104 Å². The minimum Gasteiger partial charge on any atom is -0.149 e. The van der Waals surface area contributed by atoms with E-state index in [0.29, 0.717) is 10.2 Å². The molecule has 3 aliphatic rings. The summed E-state index contributed by atoms with van der Waals surface area (Å²) in [7, 11) is 0. The van der Waals surface area contributed by atoms with Crippen LogP contribution in [0.4, 0.5) is 0 Å². The van der Waals surface area contributed by atoms with Gasteiger partial charge in [0.15, 0.2) is 0 Å². The van der Waals surface area contributed by atoms with E-state index >= 15 is 0 Å². The van der Waals surface area contributed by atoms with E-state index in [-0.39, 0.29) is 0 Å². The highest BCUT2D eigenvalue weighted by molar-refractivity contribution is 8.08. The van der Waals surface area contributed by atoms with Gasteiger partial charge in [0.1, 0.15) is 0 Å². The molecule has 0 radical (unpaired) electrons. The fourth-order valence-electron chi connectivity index (χ4n) is 4.08. The molecule has 0 aromatic carbocycles. The van der Waals surface area contributed by atoms with Crippen LogP contribution in [0.1, 0.15) is 52.9 Å². The van der Waals surface area contributed by atoms with Crippen molar-refractivity contribution < 1.29 is 0 Å². The van der Waals surface area contributed by atoms with E-state index in [9.17, 15) is 0 Å². The molecule has 1 heterocycles. The minimum atomic E-state index is 0.587. The van der Waals surface area contributed by atoms with Gasteiger partial charge in [-0.2, -0.15) is 0 Å². The van der Waals surface area contributed by atoms with Crippen LogP contribution in [0.2, 0.25) is 0 Å². The van der Waals surface area contributed by atoms with Gasteiger partial charge in [-0.15, -0.1) is 11.8 Å². The van der Waals surface area contributed by atoms with Crippen molar-refractivity contribution in [3.8, 4) is 0 Å². The second-order valence-corrected chi connectivity index (χ2v) is 8.80. The first-order valence-corrected chi connectivity index (χ1v) is 7.66. The molecule has 0 aromatic heterocycles. The Morgan fingerprint density at radius 2 is 2.00 bits per heavy atom. The molecule has 2 saturated carbocycles. The molecule has 4 atom stereocenters. The van der Waals surface area contributed by atoms with Gasteiger partial charge >= 0.3 is 0 Å². The summed E-state index contributed by atoms with van der Waals surface area (Å²) in [5.74, 6) is 1.79. The lowest BCUT2D eigenvalue weighted by Gasteiger charge is -2.53. The zero-order valence-corrected chi connectivity index (χ0v) is 11.7. The Morgan fingerprint density at radius 3 is 2.69 bits per heavy atom. The van der Waals surface area contributed by atoms with Crippen LogP contribution in [-0.2, 0) is 0 Å². The molecule has 0 spiro atoms. The average Bonchev–Trinajstić information content (AvgIpc) is 2.82. The van der Waals surface area contributed by atoms with Crippen LogP contribution in [0.3, 0.4) is 0 Å². The lowest BCUT2D eigenvalue weighted by atomic mass is 9.52. The maximum absolute atomic E-state index is 4.37. The van der Waals surface area contributed by atoms with E-state index in [2.05, 4.69) is 39.1 Å². The minimum absolute atomic E-state index is 0.587. The molecule has 1 aliphatic heterocycles. The number of thioether (sulfide) groups is 1. The molecule has 1 heteroatoms. The molecule has 16 heavy (non-hydrogen) atoms. The smallest absolute Gasteiger partial charge is 0.0254 e. The zero-order chi connectivity index (χ0) is 11.6. The Morgan fingerprint density at radius 1 is 1.25 bits per heavy atom. The first-order chi connectivity index (χ1) is 7.42. The molecule has 0 bridgehead atoms. The van der Waals surface area contributed by atoms with E-state index in [4.69, 9.17) is 0 Å². The first kappa shape index (κ1) is 11.2. The molecule has 2 unspecified atom stereocenters. The monoisotopic (exact) mass is 236 g/mol. The van der Waals surface area contributed by atoms with E-state index in [1.807, 2.05) is 0 Å². The molecule has 0 amide bonds. The van der Waals surface area contributed by atoms with Crippen molar-refractivity contribution in [1.29, 1.82) is 0 Å². The molecule has 0 aromatic rings. The van der Waals surface area contributed by atoms with Crippen LogP contribution in [0.15, 0.2) is 12.2 Å². The predicted molar refractivity (Wildman–Crippen MR) is 72.8 cm³/mol. The van der Waals surface area contributed by atoms with Gasteiger partial charge in [-0.05, 0) is 56.3 Å². The van der Waals surface area contributed by atoms with Gasteiger partial charge in [-0.1, -0.05) is 26.0 Å². The van der Waals surface area contributed by atoms with Crippen LogP contribution in [0.25, 0.3) is 0 Å². The van der Waals surface area contributed by atoms with Crippen molar-refractivity contribution >= 4 is 11.8 Å². The van der Waals surface area contributed by atoms with E-state index in [1.54, 1.807) is 5.57 Å². The summed E-state index contributed by atoms with van der Waals surface area (Å²) in [6, 6.07) is 0. The molecule has 0 N–H and O–H groups in total. The van der Waals surface area contributed by atoms with E-state index in [0.717, 1.165) is 17.1 Å². The first-order valence-electron chi connectivity index (χ1n) is 6.78. The van der Waals surface area contributed by atoms with Crippen molar-refractivity contribution in [2.45, 2.75) is 62.9 Å². The van der Waals surface area contributed by atoms with Crippen molar-refractivity contribution in [3.63, 3.8) is 0 Å². The summed E-state index contributed by atoms with van der Waals surface area (Å²) in [6.07, 6.45) is 6.97. The Kier molecular flexibility index (Phi) is 2.32. The number of fused-ring (bicyclic) bond motifs is 2. The Hall–Kier alpha value is 0.0900. The third-order valence-electron chi connectivity index (χ3n) is 5.47. The summed E-state index contributed by atoms with van der Waals surface area (Å²) in [5.41, 5.74) is 2.16. The van der Waals surface area contributed by atoms with Crippen LogP contribution >= 0.6 is 11.8 Å². The molecular weight excluding hydrogens is 212 g/mol. The molecule has 90 valence electrons. The van der Waals surface area contributed by atoms with E-state index < -0.39 is 0 Å². The summed E-state index contributed by atoms with van der Waals surface area (Å²) in [4.78, 5) is 0. The highest BCUT2D eigenvalue weighted by atomic mass is 32.2. The quantitative estimate of drug-likeness (QED) is 0.436. The van der Waals surface area contributed by atoms with Crippen molar-refractivity contribution in [3.05, 3.63) is 12.2 Å². The predicted octanol–water partition coefficient (Wildman–Crippen LogP) is 4.65. The van der Waals surface area contributed by atoms with Gasteiger partial charge in [0.05, 0.1) is 0 Å². The number of hydrogen-bond donors (Lipinski definition) is 0.